The molecule has 0 aliphatic carbocycles. The van der Waals surface area contributed by atoms with Crippen molar-refractivity contribution in [3.63, 3.8) is 0 Å². The van der Waals surface area contributed by atoms with E-state index in [1.54, 1.807) is 17.7 Å². The van der Waals surface area contributed by atoms with Gasteiger partial charge < -0.3 is 19.8 Å². The monoisotopic (exact) mass is 391 g/mol. The number of anilines is 1. The number of carbonyl (C=O) groups excluding carboxylic acids is 1. The second kappa shape index (κ2) is 7.95. The van der Waals surface area contributed by atoms with Gasteiger partial charge in [0.1, 0.15) is 5.82 Å². The van der Waals surface area contributed by atoms with Crippen LogP contribution in [0.25, 0.3) is 11.4 Å². The Morgan fingerprint density at radius 1 is 1.17 bits per heavy atom. The Morgan fingerprint density at radius 2 is 2.00 bits per heavy atom. The van der Waals surface area contributed by atoms with Gasteiger partial charge >= 0.3 is 6.03 Å². The fourth-order valence-electron chi connectivity index (χ4n) is 3.69. The van der Waals surface area contributed by atoms with E-state index in [1.807, 2.05) is 43.5 Å². The predicted molar refractivity (Wildman–Crippen MR) is 113 cm³/mol. The topological polar surface area (TPSA) is 81.0 Å². The van der Waals surface area contributed by atoms with Gasteiger partial charge in [-0.1, -0.05) is 18.2 Å². The van der Waals surface area contributed by atoms with Gasteiger partial charge in [-0.2, -0.15) is 0 Å². The van der Waals surface area contributed by atoms with E-state index >= 15 is 0 Å². The number of para-hydroxylation sites is 1. The smallest absolute Gasteiger partial charge is 0.319 e. The van der Waals surface area contributed by atoms with Crippen LogP contribution in [0.4, 0.5) is 10.5 Å². The van der Waals surface area contributed by atoms with Crippen molar-refractivity contribution in [2.45, 2.75) is 39.3 Å². The van der Waals surface area contributed by atoms with Crippen LogP contribution in [0.2, 0.25) is 0 Å². The molecule has 0 saturated heterocycles. The zero-order valence-electron chi connectivity index (χ0n) is 16.7. The number of aromatic nitrogens is 3. The summed E-state index contributed by atoms with van der Waals surface area (Å²) in [4.78, 5) is 29.4. The zero-order valence-corrected chi connectivity index (χ0v) is 16.7. The fourth-order valence-corrected chi connectivity index (χ4v) is 3.69. The molecule has 0 saturated carbocycles. The third kappa shape index (κ3) is 3.81. The average Bonchev–Trinajstić information content (AvgIpc) is 3.16. The maximum absolute atomic E-state index is 12.5. The summed E-state index contributed by atoms with van der Waals surface area (Å²) >= 11 is 0. The second-order valence-corrected chi connectivity index (χ2v) is 7.40. The van der Waals surface area contributed by atoms with Gasteiger partial charge in [-0.15, -0.1) is 0 Å². The number of hydrogen-bond donors (Lipinski definition) is 2. The molecule has 150 valence electrons. The van der Waals surface area contributed by atoms with Crippen LogP contribution in [-0.2, 0) is 26.6 Å². The number of pyridine rings is 1. The first-order valence-electron chi connectivity index (χ1n) is 9.89. The number of amides is 2. The Hall–Kier alpha value is -3.35. The molecule has 1 aromatic carbocycles. The molecule has 0 bridgehead atoms. The Bertz CT molecular complexity index is 1110. The number of aryl methyl sites for hydroxylation is 2. The number of rotatable bonds is 4. The standard InChI is InChI=1S/C22H25N5O2/c1-15-10-11-16(21(28)26(15)2)13-24-22(29)25-19-9-4-3-8-18(19)20-23-14-17-7-5-6-12-27(17)20/h3-4,8-11,14H,5-7,12-13H2,1-2H3,(H2,24,25,29). The van der Waals surface area contributed by atoms with Crippen molar-refractivity contribution in [3.05, 3.63) is 69.9 Å². The largest absolute Gasteiger partial charge is 0.334 e. The molecule has 2 N–H and O–H groups in total. The molecule has 2 aromatic heterocycles. The molecule has 7 heteroatoms. The van der Waals surface area contributed by atoms with Crippen LogP contribution < -0.4 is 16.2 Å². The zero-order chi connectivity index (χ0) is 20.4. The first-order valence-corrected chi connectivity index (χ1v) is 9.89. The van der Waals surface area contributed by atoms with E-state index < -0.39 is 0 Å². The Balaban J connectivity index is 1.51. The maximum atomic E-state index is 12.5. The van der Waals surface area contributed by atoms with Crippen LogP contribution in [0.3, 0.4) is 0 Å². The Labute approximate surface area is 169 Å². The number of carbonyl (C=O) groups is 1. The second-order valence-electron chi connectivity index (χ2n) is 7.40. The highest BCUT2D eigenvalue weighted by Gasteiger charge is 2.18. The summed E-state index contributed by atoms with van der Waals surface area (Å²) in [6.07, 6.45) is 5.29. The molecule has 1 aliphatic heterocycles. The molecule has 0 fully saturated rings. The highest BCUT2D eigenvalue weighted by atomic mass is 16.2. The quantitative estimate of drug-likeness (QED) is 0.717. The van der Waals surface area contributed by atoms with Crippen molar-refractivity contribution in [2.75, 3.05) is 5.32 Å². The number of imidazole rings is 1. The summed E-state index contributed by atoms with van der Waals surface area (Å²) in [5.74, 6) is 0.878. The van der Waals surface area contributed by atoms with Gasteiger partial charge in [0.25, 0.3) is 5.56 Å². The lowest BCUT2D eigenvalue weighted by atomic mass is 10.1. The first-order chi connectivity index (χ1) is 14.0. The lowest BCUT2D eigenvalue weighted by Gasteiger charge is -2.18. The molecule has 0 unspecified atom stereocenters. The van der Waals surface area contributed by atoms with Crippen LogP contribution in [0.1, 0.15) is 29.8 Å². The molecular weight excluding hydrogens is 366 g/mol. The van der Waals surface area contributed by atoms with Gasteiger partial charge in [0.2, 0.25) is 0 Å². The fraction of sp³-hybridized carbons (Fsp3) is 0.318. The summed E-state index contributed by atoms with van der Waals surface area (Å²) < 4.78 is 3.81. The van der Waals surface area contributed by atoms with Crippen LogP contribution in [0, 0.1) is 6.92 Å². The maximum Gasteiger partial charge on any atom is 0.319 e. The molecule has 7 nitrogen and oxygen atoms in total. The first kappa shape index (κ1) is 19.0. The number of hydrogen-bond acceptors (Lipinski definition) is 3. The van der Waals surface area contributed by atoms with Crippen molar-refractivity contribution in [1.29, 1.82) is 0 Å². The molecule has 3 aromatic rings. The normalized spacial score (nSPS) is 13.0. The summed E-state index contributed by atoms with van der Waals surface area (Å²) in [5, 5.41) is 5.69. The van der Waals surface area contributed by atoms with Crippen LogP contribution >= 0.6 is 0 Å². The molecule has 1 aliphatic rings. The predicted octanol–water partition coefficient (Wildman–Crippen LogP) is 3.22. The number of nitrogens with one attached hydrogen (secondary N) is 2. The van der Waals surface area contributed by atoms with Gasteiger partial charge in [0, 0.05) is 48.8 Å². The summed E-state index contributed by atoms with van der Waals surface area (Å²) in [7, 11) is 1.72. The van der Waals surface area contributed by atoms with Gasteiger partial charge in [-0.05, 0) is 44.4 Å². The van der Waals surface area contributed by atoms with E-state index in [1.165, 1.54) is 12.1 Å². The van der Waals surface area contributed by atoms with Gasteiger partial charge in [0.15, 0.2) is 0 Å². The van der Waals surface area contributed by atoms with Crippen LogP contribution in [0.5, 0.6) is 0 Å². The van der Waals surface area contributed by atoms with Crippen molar-refractivity contribution in [3.8, 4) is 11.4 Å². The third-order valence-corrected chi connectivity index (χ3v) is 5.49. The van der Waals surface area contributed by atoms with Gasteiger partial charge in [-0.25, -0.2) is 9.78 Å². The lowest BCUT2D eigenvalue weighted by molar-refractivity contribution is 0.251. The highest BCUT2D eigenvalue weighted by Crippen LogP contribution is 2.30. The highest BCUT2D eigenvalue weighted by molar-refractivity contribution is 5.93. The van der Waals surface area contributed by atoms with E-state index in [2.05, 4.69) is 20.2 Å². The minimum Gasteiger partial charge on any atom is -0.334 e. The number of fused-ring (bicyclic) bond motifs is 1. The van der Waals surface area contributed by atoms with E-state index in [-0.39, 0.29) is 18.1 Å². The van der Waals surface area contributed by atoms with Crippen molar-refractivity contribution >= 4 is 11.7 Å². The number of urea groups is 1. The molecule has 3 heterocycles. The Kier molecular flexibility index (Phi) is 5.20. The summed E-state index contributed by atoms with van der Waals surface area (Å²) in [5.41, 5.74) is 4.14. The molecule has 0 radical (unpaired) electrons. The van der Waals surface area contributed by atoms with Crippen molar-refractivity contribution in [2.24, 2.45) is 7.05 Å². The van der Waals surface area contributed by atoms with E-state index in [0.717, 1.165) is 36.5 Å². The van der Waals surface area contributed by atoms with E-state index in [0.29, 0.717) is 11.3 Å². The molecule has 29 heavy (non-hydrogen) atoms. The molecule has 2 amide bonds. The van der Waals surface area contributed by atoms with Crippen molar-refractivity contribution < 1.29 is 4.79 Å². The minimum absolute atomic E-state index is 0.102. The van der Waals surface area contributed by atoms with Gasteiger partial charge in [0.05, 0.1) is 5.69 Å². The summed E-state index contributed by atoms with van der Waals surface area (Å²) in [6, 6.07) is 10.9. The third-order valence-electron chi connectivity index (χ3n) is 5.49. The van der Waals surface area contributed by atoms with Crippen LogP contribution in [0.15, 0.2) is 47.4 Å². The minimum atomic E-state index is -0.356. The molecular formula is C22H25N5O2. The van der Waals surface area contributed by atoms with Gasteiger partial charge in [-0.3, -0.25) is 4.79 Å². The molecule has 4 rings (SSSR count). The van der Waals surface area contributed by atoms with E-state index in [4.69, 9.17) is 0 Å². The van der Waals surface area contributed by atoms with Crippen LogP contribution in [-0.4, -0.2) is 20.1 Å². The van der Waals surface area contributed by atoms with E-state index in [9.17, 15) is 9.59 Å². The SMILES string of the molecule is Cc1ccc(CNC(=O)Nc2ccccc2-c2ncc3n2CCCC3)c(=O)n1C. The average molecular weight is 391 g/mol. The Morgan fingerprint density at radius 3 is 2.86 bits per heavy atom. The van der Waals surface area contributed by atoms with Crippen molar-refractivity contribution in [1.82, 2.24) is 19.4 Å². The summed E-state index contributed by atoms with van der Waals surface area (Å²) in [6.45, 7) is 2.98. The lowest BCUT2D eigenvalue weighted by Crippen LogP contribution is -2.32. The number of benzene rings is 1. The molecule has 0 spiro atoms. The molecule has 0 atom stereocenters. The number of nitrogens with zero attached hydrogens (tertiary/aromatic N) is 3.